The molecule has 1 nitrogen and oxygen atoms in total. The summed E-state index contributed by atoms with van der Waals surface area (Å²) in [4.78, 5) is 2.18. The van der Waals surface area contributed by atoms with Crippen LogP contribution < -0.4 is 4.90 Å². The van der Waals surface area contributed by atoms with Crippen molar-refractivity contribution < 1.29 is 4.39 Å². The first kappa shape index (κ1) is 12.7. The number of halogens is 2. The summed E-state index contributed by atoms with van der Waals surface area (Å²) in [6.45, 7) is 0.918. The van der Waals surface area contributed by atoms with Crippen LogP contribution in [-0.2, 0) is 0 Å². The van der Waals surface area contributed by atoms with Gasteiger partial charge in [0.05, 0.1) is 11.7 Å². The molecule has 1 unspecified atom stereocenters. The Morgan fingerprint density at radius 1 is 1.05 bits per heavy atom. The Morgan fingerprint density at radius 3 is 2.53 bits per heavy atom. The molecule has 1 saturated heterocycles. The van der Waals surface area contributed by atoms with Crippen LogP contribution in [0.3, 0.4) is 0 Å². The molecule has 0 aromatic heterocycles. The van der Waals surface area contributed by atoms with Gasteiger partial charge in [-0.25, -0.2) is 4.39 Å². The first-order valence-electron chi connectivity index (χ1n) is 6.52. The van der Waals surface area contributed by atoms with E-state index in [-0.39, 0.29) is 11.9 Å². The third kappa shape index (κ3) is 2.52. The predicted molar refractivity (Wildman–Crippen MR) is 79.9 cm³/mol. The summed E-state index contributed by atoms with van der Waals surface area (Å²) < 4.78 is 15.0. The molecule has 1 heterocycles. The van der Waals surface area contributed by atoms with Gasteiger partial charge in [0.2, 0.25) is 0 Å². The Labute approximate surface area is 121 Å². The van der Waals surface area contributed by atoms with E-state index in [2.05, 4.69) is 33.0 Å². The summed E-state index contributed by atoms with van der Waals surface area (Å²) in [6, 6.07) is 15.7. The van der Waals surface area contributed by atoms with Gasteiger partial charge in [-0.3, -0.25) is 0 Å². The SMILES string of the molecule is Fc1ccccc1N1CCCC1c1ccc(Br)cc1. The van der Waals surface area contributed by atoms with Crippen LogP contribution in [0.1, 0.15) is 24.4 Å². The maximum atomic E-state index is 13.9. The van der Waals surface area contributed by atoms with Gasteiger partial charge in [0.25, 0.3) is 0 Å². The first-order valence-corrected chi connectivity index (χ1v) is 7.31. The first-order chi connectivity index (χ1) is 9.25. The zero-order valence-corrected chi connectivity index (χ0v) is 12.1. The summed E-state index contributed by atoms with van der Waals surface area (Å²) >= 11 is 3.45. The molecule has 3 heteroatoms. The molecular formula is C16H15BrFN. The fourth-order valence-corrected chi connectivity index (χ4v) is 3.04. The van der Waals surface area contributed by atoms with Gasteiger partial charge in [-0.05, 0) is 42.7 Å². The van der Waals surface area contributed by atoms with Crippen molar-refractivity contribution in [1.29, 1.82) is 0 Å². The van der Waals surface area contributed by atoms with E-state index in [0.29, 0.717) is 5.69 Å². The molecule has 19 heavy (non-hydrogen) atoms. The lowest BCUT2D eigenvalue weighted by atomic mass is 10.0. The van der Waals surface area contributed by atoms with Gasteiger partial charge in [0.15, 0.2) is 0 Å². The molecule has 0 saturated carbocycles. The van der Waals surface area contributed by atoms with Crippen molar-refractivity contribution in [3.63, 3.8) is 0 Å². The second kappa shape index (κ2) is 5.33. The molecule has 0 amide bonds. The Hall–Kier alpha value is -1.35. The Morgan fingerprint density at radius 2 is 1.79 bits per heavy atom. The van der Waals surface area contributed by atoms with Gasteiger partial charge in [-0.1, -0.05) is 40.2 Å². The van der Waals surface area contributed by atoms with E-state index in [1.165, 1.54) is 11.6 Å². The predicted octanol–water partition coefficient (Wildman–Crippen LogP) is 4.93. The molecule has 0 aliphatic carbocycles. The number of anilines is 1. The van der Waals surface area contributed by atoms with Crippen molar-refractivity contribution >= 4 is 21.6 Å². The maximum absolute atomic E-state index is 13.9. The number of rotatable bonds is 2. The average Bonchev–Trinajstić information content (AvgIpc) is 2.89. The molecule has 2 aromatic rings. The van der Waals surface area contributed by atoms with Crippen molar-refractivity contribution in [2.24, 2.45) is 0 Å². The minimum atomic E-state index is -0.133. The molecule has 1 atom stereocenters. The van der Waals surface area contributed by atoms with Crippen LogP contribution >= 0.6 is 15.9 Å². The number of benzene rings is 2. The highest BCUT2D eigenvalue weighted by atomic mass is 79.9. The average molecular weight is 320 g/mol. The van der Waals surface area contributed by atoms with E-state index in [9.17, 15) is 4.39 Å². The molecular weight excluding hydrogens is 305 g/mol. The van der Waals surface area contributed by atoms with Gasteiger partial charge in [0.1, 0.15) is 5.82 Å². The lowest BCUT2D eigenvalue weighted by molar-refractivity contribution is 0.611. The largest absolute Gasteiger partial charge is 0.362 e. The van der Waals surface area contributed by atoms with Crippen LogP contribution in [-0.4, -0.2) is 6.54 Å². The molecule has 0 N–H and O–H groups in total. The van der Waals surface area contributed by atoms with E-state index < -0.39 is 0 Å². The van der Waals surface area contributed by atoms with E-state index in [4.69, 9.17) is 0 Å². The van der Waals surface area contributed by atoms with Crippen molar-refractivity contribution in [1.82, 2.24) is 0 Å². The Kier molecular flexibility index (Phi) is 3.56. The minimum Gasteiger partial charge on any atom is -0.362 e. The fraction of sp³-hybridized carbons (Fsp3) is 0.250. The molecule has 0 spiro atoms. The van der Waals surface area contributed by atoms with Crippen LogP contribution in [0, 0.1) is 5.82 Å². The van der Waals surface area contributed by atoms with Gasteiger partial charge >= 0.3 is 0 Å². The third-order valence-corrected chi connectivity index (χ3v) is 4.20. The standard InChI is InChI=1S/C16H15BrFN/c17-13-9-7-12(8-10-13)15-6-3-11-19(15)16-5-2-1-4-14(16)18/h1-2,4-5,7-10,15H,3,6,11H2. The summed E-state index contributed by atoms with van der Waals surface area (Å²) in [5.74, 6) is -0.133. The van der Waals surface area contributed by atoms with Crippen LogP contribution in [0.2, 0.25) is 0 Å². The van der Waals surface area contributed by atoms with Gasteiger partial charge < -0.3 is 4.90 Å². The van der Waals surface area contributed by atoms with Crippen LogP contribution in [0.4, 0.5) is 10.1 Å². The highest BCUT2D eigenvalue weighted by Crippen LogP contribution is 2.37. The zero-order chi connectivity index (χ0) is 13.2. The van der Waals surface area contributed by atoms with E-state index in [1.54, 1.807) is 6.07 Å². The van der Waals surface area contributed by atoms with Crippen molar-refractivity contribution in [3.05, 3.63) is 64.4 Å². The number of para-hydroxylation sites is 1. The molecule has 2 aromatic carbocycles. The second-order valence-corrected chi connectivity index (χ2v) is 5.77. The lowest BCUT2D eigenvalue weighted by Gasteiger charge is -2.27. The van der Waals surface area contributed by atoms with Gasteiger partial charge in [0, 0.05) is 11.0 Å². The van der Waals surface area contributed by atoms with Crippen LogP contribution in [0.25, 0.3) is 0 Å². The fourth-order valence-electron chi connectivity index (χ4n) is 2.77. The van der Waals surface area contributed by atoms with Gasteiger partial charge in [-0.2, -0.15) is 0 Å². The normalized spacial score (nSPS) is 18.8. The van der Waals surface area contributed by atoms with Crippen molar-refractivity contribution in [3.8, 4) is 0 Å². The number of nitrogens with zero attached hydrogens (tertiary/aromatic N) is 1. The molecule has 98 valence electrons. The van der Waals surface area contributed by atoms with Crippen molar-refractivity contribution in [2.45, 2.75) is 18.9 Å². The molecule has 0 bridgehead atoms. The molecule has 1 aliphatic heterocycles. The monoisotopic (exact) mass is 319 g/mol. The van der Waals surface area contributed by atoms with Crippen molar-refractivity contribution in [2.75, 3.05) is 11.4 Å². The van der Waals surface area contributed by atoms with E-state index in [0.717, 1.165) is 23.9 Å². The Balaban J connectivity index is 1.94. The molecule has 1 aliphatic rings. The van der Waals surface area contributed by atoms with Gasteiger partial charge in [-0.15, -0.1) is 0 Å². The summed E-state index contributed by atoms with van der Waals surface area (Å²) in [7, 11) is 0. The summed E-state index contributed by atoms with van der Waals surface area (Å²) in [6.07, 6.45) is 2.19. The number of hydrogen-bond donors (Lipinski definition) is 0. The maximum Gasteiger partial charge on any atom is 0.146 e. The smallest absolute Gasteiger partial charge is 0.146 e. The summed E-state index contributed by atoms with van der Waals surface area (Å²) in [5.41, 5.74) is 1.97. The van der Waals surface area contributed by atoms with Crippen LogP contribution in [0.5, 0.6) is 0 Å². The molecule has 1 fully saturated rings. The highest BCUT2D eigenvalue weighted by molar-refractivity contribution is 9.10. The lowest BCUT2D eigenvalue weighted by Crippen LogP contribution is -2.23. The van der Waals surface area contributed by atoms with E-state index >= 15 is 0 Å². The zero-order valence-electron chi connectivity index (χ0n) is 10.5. The molecule has 3 rings (SSSR count). The minimum absolute atomic E-state index is 0.133. The third-order valence-electron chi connectivity index (χ3n) is 3.67. The topological polar surface area (TPSA) is 3.24 Å². The van der Waals surface area contributed by atoms with Crippen LogP contribution in [0.15, 0.2) is 53.0 Å². The quantitative estimate of drug-likeness (QED) is 0.758. The summed E-state index contributed by atoms with van der Waals surface area (Å²) in [5, 5.41) is 0. The Bertz CT molecular complexity index is 567. The van der Waals surface area contributed by atoms with E-state index in [1.807, 2.05) is 24.3 Å². The highest BCUT2D eigenvalue weighted by Gasteiger charge is 2.27. The second-order valence-electron chi connectivity index (χ2n) is 4.85. The number of hydrogen-bond acceptors (Lipinski definition) is 1. The molecule has 0 radical (unpaired) electrons.